The summed E-state index contributed by atoms with van der Waals surface area (Å²) in [7, 11) is 2.07. The first-order chi connectivity index (χ1) is 9.61. The molecule has 1 unspecified atom stereocenters. The van der Waals surface area contributed by atoms with Crippen molar-refractivity contribution in [1.29, 1.82) is 0 Å². The van der Waals surface area contributed by atoms with Crippen LogP contribution in [0.3, 0.4) is 0 Å². The molecule has 1 aliphatic rings. The van der Waals surface area contributed by atoms with E-state index in [1.165, 1.54) is 0 Å². The lowest BCUT2D eigenvalue weighted by molar-refractivity contribution is 0.0697. The second-order valence-corrected chi connectivity index (χ2v) is 5.15. The molecular weight excluding hydrogens is 292 g/mol. The van der Waals surface area contributed by atoms with Crippen molar-refractivity contribution in [2.75, 3.05) is 20.1 Å². The number of carboxylic acid groups (broad SMARTS) is 1. The maximum atomic E-state index is 10.9. The van der Waals surface area contributed by atoms with Crippen molar-refractivity contribution in [2.24, 2.45) is 0 Å². The van der Waals surface area contributed by atoms with Gasteiger partial charge in [-0.05, 0) is 37.7 Å². The van der Waals surface area contributed by atoms with Crippen LogP contribution in [0.25, 0.3) is 10.9 Å². The summed E-state index contributed by atoms with van der Waals surface area (Å²) in [4.78, 5) is 17.6. The Labute approximate surface area is 128 Å². The van der Waals surface area contributed by atoms with Crippen molar-refractivity contribution < 1.29 is 14.6 Å². The minimum absolute atomic E-state index is 0. The van der Waals surface area contributed by atoms with Crippen LogP contribution >= 0.6 is 12.4 Å². The summed E-state index contributed by atoms with van der Waals surface area (Å²) in [5.74, 6) is -0.331. The Kier molecular flexibility index (Phi) is 4.65. The topological polar surface area (TPSA) is 62.7 Å². The SMILES string of the molecule is CN1CCC(Oc2ccc3cc(C(=O)O)ccc3n2)C1.Cl. The fourth-order valence-corrected chi connectivity index (χ4v) is 2.47. The van der Waals surface area contributed by atoms with Crippen LogP contribution < -0.4 is 4.74 Å². The number of pyridine rings is 1. The third-order valence-electron chi connectivity index (χ3n) is 3.55. The lowest BCUT2D eigenvalue weighted by Crippen LogP contribution is -2.21. The first-order valence-electron chi connectivity index (χ1n) is 6.61. The van der Waals surface area contributed by atoms with Gasteiger partial charge in [0.05, 0.1) is 11.1 Å². The van der Waals surface area contributed by atoms with Gasteiger partial charge in [0.1, 0.15) is 6.10 Å². The van der Waals surface area contributed by atoms with E-state index in [9.17, 15) is 4.79 Å². The van der Waals surface area contributed by atoms with Gasteiger partial charge < -0.3 is 14.7 Å². The number of likely N-dealkylation sites (N-methyl/N-ethyl adjacent to an activating group) is 1. The van der Waals surface area contributed by atoms with Gasteiger partial charge in [-0.2, -0.15) is 0 Å². The number of hydrogen-bond donors (Lipinski definition) is 1. The second kappa shape index (κ2) is 6.28. The Hall–Kier alpha value is -1.85. The first kappa shape index (κ1) is 15.5. The van der Waals surface area contributed by atoms with Crippen molar-refractivity contribution in [3.63, 3.8) is 0 Å². The number of halogens is 1. The summed E-state index contributed by atoms with van der Waals surface area (Å²) in [5, 5.41) is 9.77. The lowest BCUT2D eigenvalue weighted by Gasteiger charge is -2.13. The molecule has 0 saturated carbocycles. The zero-order chi connectivity index (χ0) is 14.1. The molecule has 2 aromatic rings. The molecule has 6 heteroatoms. The Morgan fingerprint density at radius 1 is 1.38 bits per heavy atom. The molecule has 0 spiro atoms. The Bertz CT molecular complexity index is 662. The molecule has 0 radical (unpaired) electrons. The molecule has 0 amide bonds. The molecule has 1 fully saturated rings. The van der Waals surface area contributed by atoms with E-state index in [0.717, 1.165) is 30.4 Å². The molecule has 1 N–H and O–H groups in total. The number of carbonyl (C=O) groups is 1. The van der Waals surface area contributed by atoms with Gasteiger partial charge in [0.25, 0.3) is 0 Å². The normalized spacial score (nSPS) is 18.4. The number of aromatic carboxylic acids is 1. The van der Waals surface area contributed by atoms with Crippen LogP contribution in [0.15, 0.2) is 30.3 Å². The molecular formula is C15H17ClN2O3. The fraction of sp³-hybridized carbons (Fsp3) is 0.333. The average Bonchev–Trinajstić information content (AvgIpc) is 2.83. The molecule has 3 rings (SSSR count). The molecule has 1 aromatic heterocycles. The van der Waals surface area contributed by atoms with Crippen LogP contribution in [0.2, 0.25) is 0 Å². The van der Waals surface area contributed by atoms with E-state index >= 15 is 0 Å². The van der Waals surface area contributed by atoms with Crippen LogP contribution in [0, 0.1) is 0 Å². The first-order valence-corrected chi connectivity index (χ1v) is 6.61. The maximum absolute atomic E-state index is 10.9. The standard InChI is InChI=1S/C15H16N2O3.ClH/c1-17-7-6-12(9-17)20-14-5-3-10-8-11(15(18)19)2-4-13(10)16-14;/h2-5,8,12H,6-7,9H2,1H3,(H,18,19);1H. The number of nitrogens with zero attached hydrogens (tertiary/aromatic N) is 2. The number of aromatic nitrogens is 1. The van der Waals surface area contributed by atoms with Gasteiger partial charge in [-0.15, -0.1) is 12.4 Å². The number of hydrogen-bond acceptors (Lipinski definition) is 4. The van der Waals surface area contributed by atoms with E-state index in [2.05, 4.69) is 16.9 Å². The number of carboxylic acids is 1. The van der Waals surface area contributed by atoms with Crippen molar-refractivity contribution in [3.8, 4) is 5.88 Å². The summed E-state index contributed by atoms with van der Waals surface area (Å²) in [5.41, 5.74) is 1.02. The summed E-state index contributed by atoms with van der Waals surface area (Å²) in [6.07, 6.45) is 1.19. The molecule has 21 heavy (non-hydrogen) atoms. The highest BCUT2D eigenvalue weighted by atomic mass is 35.5. The predicted molar refractivity (Wildman–Crippen MR) is 82.5 cm³/mol. The minimum Gasteiger partial charge on any atom is -0.478 e. The zero-order valence-electron chi connectivity index (χ0n) is 11.7. The number of rotatable bonds is 3. The number of ether oxygens (including phenoxy) is 1. The Balaban J connectivity index is 0.00000161. The summed E-state index contributed by atoms with van der Waals surface area (Å²) < 4.78 is 5.86. The van der Waals surface area contributed by atoms with Gasteiger partial charge in [-0.25, -0.2) is 9.78 Å². The minimum atomic E-state index is -0.929. The lowest BCUT2D eigenvalue weighted by atomic mass is 10.1. The molecule has 112 valence electrons. The third kappa shape index (κ3) is 3.43. The molecule has 2 heterocycles. The van der Waals surface area contributed by atoms with E-state index in [1.807, 2.05) is 6.07 Å². The van der Waals surface area contributed by atoms with E-state index in [4.69, 9.17) is 9.84 Å². The average molecular weight is 309 g/mol. The van der Waals surface area contributed by atoms with Crippen molar-refractivity contribution in [1.82, 2.24) is 9.88 Å². The molecule has 0 aliphatic carbocycles. The van der Waals surface area contributed by atoms with Gasteiger partial charge in [-0.3, -0.25) is 0 Å². The van der Waals surface area contributed by atoms with E-state index in [1.54, 1.807) is 24.3 Å². The van der Waals surface area contributed by atoms with Crippen LogP contribution in [-0.4, -0.2) is 47.2 Å². The van der Waals surface area contributed by atoms with Crippen molar-refractivity contribution in [2.45, 2.75) is 12.5 Å². The molecule has 1 atom stereocenters. The van der Waals surface area contributed by atoms with Crippen LogP contribution in [0.5, 0.6) is 5.88 Å². The fourth-order valence-electron chi connectivity index (χ4n) is 2.47. The number of fused-ring (bicyclic) bond motifs is 1. The largest absolute Gasteiger partial charge is 0.478 e. The molecule has 1 aliphatic heterocycles. The van der Waals surface area contributed by atoms with Crippen LogP contribution in [0.1, 0.15) is 16.8 Å². The molecule has 5 nitrogen and oxygen atoms in total. The van der Waals surface area contributed by atoms with E-state index in [-0.39, 0.29) is 24.1 Å². The van der Waals surface area contributed by atoms with Gasteiger partial charge in [0, 0.05) is 24.5 Å². The quantitative estimate of drug-likeness (QED) is 0.943. The van der Waals surface area contributed by atoms with Crippen LogP contribution in [0.4, 0.5) is 0 Å². The summed E-state index contributed by atoms with van der Waals surface area (Å²) in [6.45, 7) is 1.96. The van der Waals surface area contributed by atoms with Crippen molar-refractivity contribution in [3.05, 3.63) is 35.9 Å². The van der Waals surface area contributed by atoms with Crippen molar-refractivity contribution >= 4 is 29.3 Å². The molecule has 1 saturated heterocycles. The number of likely N-dealkylation sites (tertiary alicyclic amines) is 1. The molecule has 1 aromatic carbocycles. The maximum Gasteiger partial charge on any atom is 0.335 e. The highest BCUT2D eigenvalue weighted by Crippen LogP contribution is 2.21. The predicted octanol–water partition coefficient (Wildman–Crippen LogP) is 2.44. The Morgan fingerprint density at radius 3 is 2.86 bits per heavy atom. The highest BCUT2D eigenvalue weighted by Gasteiger charge is 2.21. The second-order valence-electron chi connectivity index (χ2n) is 5.15. The highest BCUT2D eigenvalue weighted by molar-refractivity contribution is 5.93. The monoisotopic (exact) mass is 308 g/mol. The van der Waals surface area contributed by atoms with E-state index in [0.29, 0.717) is 5.88 Å². The number of benzene rings is 1. The van der Waals surface area contributed by atoms with Gasteiger partial charge in [0.15, 0.2) is 0 Å². The summed E-state index contributed by atoms with van der Waals surface area (Å²) >= 11 is 0. The summed E-state index contributed by atoms with van der Waals surface area (Å²) in [6, 6.07) is 8.55. The van der Waals surface area contributed by atoms with E-state index < -0.39 is 5.97 Å². The van der Waals surface area contributed by atoms with Gasteiger partial charge in [-0.1, -0.05) is 0 Å². The molecule has 0 bridgehead atoms. The smallest absolute Gasteiger partial charge is 0.335 e. The van der Waals surface area contributed by atoms with Gasteiger partial charge in [0.2, 0.25) is 5.88 Å². The zero-order valence-corrected chi connectivity index (χ0v) is 12.5. The van der Waals surface area contributed by atoms with Gasteiger partial charge >= 0.3 is 5.97 Å². The third-order valence-corrected chi connectivity index (χ3v) is 3.55. The van der Waals surface area contributed by atoms with Crippen LogP contribution in [-0.2, 0) is 0 Å². The Morgan fingerprint density at radius 2 is 2.19 bits per heavy atom.